The van der Waals surface area contributed by atoms with Gasteiger partial charge in [0.25, 0.3) is 0 Å². The first-order chi connectivity index (χ1) is 25.8. The number of hydrogen-bond acceptors (Lipinski definition) is 4. The average Bonchev–Trinajstić information content (AvgIpc) is 3.51. The van der Waals surface area contributed by atoms with Crippen molar-refractivity contribution < 1.29 is 4.74 Å². The second-order valence-corrected chi connectivity index (χ2v) is 13.7. The van der Waals surface area contributed by atoms with E-state index in [1.54, 1.807) is 0 Å². The fourth-order valence-electron chi connectivity index (χ4n) is 8.70. The molecule has 0 saturated heterocycles. The summed E-state index contributed by atoms with van der Waals surface area (Å²) in [4.78, 5) is 5.37. The largest absolute Gasteiger partial charge is 0.457 e. The molecule has 3 aliphatic rings. The van der Waals surface area contributed by atoms with Crippen LogP contribution < -0.4 is 15.6 Å². The molecule has 2 N–H and O–H groups in total. The highest BCUT2D eigenvalue weighted by atomic mass is 16.5. The molecule has 1 spiro atoms. The van der Waals surface area contributed by atoms with Gasteiger partial charge in [0.2, 0.25) is 0 Å². The summed E-state index contributed by atoms with van der Waals surface area (Å²) in [6.45, 7) is 0. The van der Waals surface area contributed by atoms with E-state index in [2.05, 4.69) is 181 Å². The van der Waals surface area contributed by atoms with Gasteiger partial charge in [-0.15, -0.1) is 0 Å². The number of fused-ring (bicyclic) bond motifs is 12. The van der Waals surface area contributed by atoms with Gasteiger partial charge in [-0.3, -0.25) is 10.9 Å². The number of benzene rings is 8. The Kier molecular flexibility index (Phi) is 6.13. The molecule has 8 aromatic carbocycles. The van der Waals surface area contributed by atoms with Crippen LogP contribution in [0.25, 0.3) is 44.1 Å². The predicted octanol–water partition coefficient (Wildman–Crippen LogP) is 10.8. The maximum absolute atomic E-state index is 6.51. The predicted molar refractivity (Wildman–Crippen MR) is 211 cm³/mol. The van der Waals surface area contributed by atoms with Crippen molar-refractivity contribution in [2.24, 2.45) is 4.99 Å². The van der Waals surface area contributed by atoms with Crippen LogP contribution in [-0.2, 0) is 5.41 Å². The van der Waals surface area contributed by atoms with E-state index in [0.717, 1.165) is 56.5 Å². The molecular weight excluding hydrogens is 635 g/mol. The average molecular weight is 666 g/mol. The molecule has 0 bridgehead atoms. The van der Waals surface area contributed by atoms with Gasteiger partial charge in [-0.1, -0.05) is 152 Å². The first-order valence-corrected chi connectivity index (χ1v) is 17.7. The number of para-hydroxylation sites is 2. The molecule has 4 nitrogen and oxygen atoms in total. The van der Waals surface area contributed by atoms with Crippen LogP contribution in [0.2, 0.25) is 0 Å². The summed E-state index contributed by atoms with van der Waals surface area (Å²) < 4.78 is 6.51. The first-order valence-electron chi connectivity index (χ1n) is 17.7. The Morgan fingerprint density at radius 3 is 1.88 bits per heavy atom. The Balaban J connectivity index is 1.09. The maximum Gasteiger partial charge on any atom is 0.152 e. The lowest BCUT2D eigenvalue weighted by Gasteiger charge is -2.39. The molecule has 0 atom stereocenters. The number of nitrogens with one attached hydrogen (secondary N) is 2. The van der Waals surface area contributed by atoms with E-state index in [9.17, 15) is 0 Å². The minimum absolute atomic E-state index is 0.500. The van der Waals surface area contributed by atoms with Crippen molar-refractivity contribution in [1.82, 2.24) is 10.9 Å². The fourth-order valence-corrected chi connectivity index (χ4v) is 8.70. The van der Waals surface area contributed by atoms with Crippen LogP contribution in [0, 0.1) is 0 Å². The Hall–Kier alpha value is -6.91. The van der Waals surface area contributed by atoms with Crippen molar-refractivity contribution in [1.29, 1.82) is 0 Å². The highest BCUT2D eigenvalue weighted by Crippen LogP contribution is 2.62. The normalized spacial score (nSPS) is 14.8. The molecule has 244 valence electrons. The van der Waals surface area contributed by atoms with Crippen LogP contribution in [0.5, 0.6) is 11.5 Å². The van der Waals surface area contributed by atoms with Gasteiger partial charge in [0, 0.05) is 27.8 Å². The van der Waals surface area contributed by atoms with Gasteiger partial charge < -0.3 is 4.74 Å². The van der Waals surface area contributed by atoms with Crippen molar-refractivity contribution in [3.63, 3.8) is 0 Å². The second kappa shape index (κ2) is 11.0. The molecule has 52 heavy (non-hydrogen) atoms. The summed E-state index contributed by atoms with van der Waals surface area (Å²) in [6.07, 6.45) is 0. The molecule has 0 unspecified atom stereocenters. The third kappa shape index (κ3) is 4.06. The summed E-state index contributed by atoms with van der Waals surface area (Å²) in [5.74, 6) is 2.55. The Morgan fingerprint density at radius 2 is 1.06 bits per heavy atom. The van der Waals surface area contributed by atoms with Gasteiger partial charge in [-0.05, 0) is 68.1 Å². The Bertz CT molecular complexity index is 2790. The zero-order chi connectivity index (χ0) is 34.2. The van der Waals surface area contributed by atoms with Crippen LogP contribution in [-0.4, -0.2) is 5.84 Å². The van der Waals surface area contributed by atoms with E-state index in [-0.39, 0.29) is 0 Å². The van der Waals surface area contributed by atoms with Crippen molar-refractivity contribution in [3.05, 3.63) is 215 Å². The van der Waals surface area contributed by atoms with Crippen LogP contribution in [0.1, 0.15) is 38.9 Å². The SMILES string of the molecule is c1ccc(C2=C(c3ccc4c(ccc5ccccc54)c3)NNC(c3ccc4c(c3)-c3ccccc3C43c4ccccc4Oc4ccccc43)=N2)cc1. The third-order valence-corrected chi connectivity index (χ3v) is 11.0. The standard InChI is InChI=1S/C48H31N3O/c1-2-13-31(14-3-1)45-46(33-24-26-36-32(28-33)23-22-30-12-4-5-15-35(30)36)50-51-47(49-45)34-25-27-40-38(29-34)37-16-6-7-17-39(37)48(40)41-18-8-10-20-43(41)52-44-21-11-9-19-42(44)48/h1-29,50H,(H,49,51). The monoisotopic (exact) mass is 665 g/mol. The van der Waals surface area contributed by atoms with E-state index < -0.39 is 5.41 Å². The van der Waals surface area contributed by atoms with E-state index in [0.29, 0.717) is 0 Å². The highest BCUT2D eigenvalue weighted by molar-refractivity contribution is 6.11. The molecule has 0 fully saturated rings. The molecule has 2 aliphatic heterocycles. The van der Waals surface area contributed by atoms with Crippen LogP contribution in [0.4, 0.5) is 0 Å². The van der Waals surface area contributed by atoms with Gasteiger partial charge in [-0.2, -0.15) is 0 Å². The molecule has 4 heteroatoms. The summed E-state index contributed by atoms with van der Waals surface area (Å²) in [6, 6.07) is 62.6. The fraction of sp³-hybridized carbons (Fsp3) is 0.0208. The molecule has 8 aromatic rings. The quantitative estimate of drug-likeness (QED) is 0.185. The first kappa shape index (κ1) is 28.9. The summed E-state index contributed by atoms with van der Waals surface area (Å²) in [5.41, 5.74) is 18.8. The number of hydrogen-bond donors (Lipinski definition) is 2. The molecule has 1 aliphatic carbocycles. The molecule has 11 rings (SSSR count). The van der Waals surface area contributed by atoms with Gasteiger partial charge in [-0.25, -0.2) is 4.99 Å². The minimum Gasteiger partial charge on any atom is -0.457 e. The summed E-state index contributed by atoms with van der Waals surface area (Å²) >= 11 is 0. The van der Waals surface area contributed by atoms with Gasteiger partial charge >= 0.3 is 0 Å². The van der Waals surface area contributed by atoms with E-state index >= 15 is 0 Å². The lowest BCUT2D eigenvalue weighted by Crippen LogP contribution is -2.40. The van der Waals surface area contributed by atoms with E-state index in [1.165, 1.54) is 43.8 Å². The molecule has 0 saturated carbocycles. The topological polar surface area (TPSA) is 45.6 Å². The number of hydrazine groups is 1. The summed E-state index contributed by atoms with van der Waals surface area (Å²) in [5, 5.41) is 4.93. The lowest BCUT2D eigenvalue weighted by molar-refractivity contribution is 0.436. The second-order valence-electron chi connectivity index (χ2n) is 13.7. The molecule has 0 amide bonds. The summed E-state index contributed by atoms with van der Waals surface area (Å²) in [7, 11) is 0. The molecule has 2 heterocycles. The Morgan fingerprint density at radius 1 is 0.423 bits per heavy atom. The zero-order valence-corrected chi connectivity index (χ0v) is 28.1. The third-order valence-electron chi connectivity index (χ3n) is 11.0. The maximum atomic E-state index is 6.51. The van der Waals surface area contributed by atoms with Gasteiger partial charge in [0.15, 0.2) is 5.84 Å². The van der Waals surface area contributed by atoms with Crippen molar-refractivity contribution >= 4 is 38.8 Å². The number of rotatable bonds is 3. The van der Waals surface area contributed by atoms with E-state index in [1.807, 2.05) is 6.07 Å². The van der Waals surface area contributed by atoms with Crippen molar-refractivity contribution in [2.75, 3.05) is 0 Å². The van der Waals surface area contributed by atoms with Crippen molar-refractivity contribution in [3.8, 4) is 22.6 Å². The number of aliphatic imine (C=N–C) groups is 1. The molecule has 0 aromatic heterocycles. The van der Waals surface area contributed by atoms with Gasteiger partial charge in [0.1, 0.15) is 11.5 Å². The number of nitrogens with zero attached hydrogens (tertiary/aromatic N) is 1. The highest BCUT2D eigenvalue weighted by Gasteiger charge is 2.51. The number of amidine groups is 1. The zero-order valence-electron chi connectivity index (χ0n) is 28.1. The van der Waals surface area contributed by atoms with Gasteiger partial charge in [0.05, 0.1) is 16.8 Å². The van der Waals surface area contributed by atoms with Crippen LogP contribution in [0.15, 0.2) is 181 Å². The number of ether oxygens (including phenoxy) is 1. The molecular formula is C48H31N3O. The van der Waals surface area contributed by atoms with Crippen LogP contribution in [0.3, 0.4) is 0 Å². The van der Waals surface area contributed by atoms with Crippen LogP contribution >= 0.6 is 0 Å². The Labute approximate surface area is 301 Å². The van der Waals surface area contributed by atoms with E-state index in [4.69, 9.17) is 9.73 Å². The molecule has 0 radical (unpaired) electrons. The smallest absolute Gasteiger partial charge is 0.152 e. The van der Waals surface area contributed by atoms with Crippen molar-refractivity contribution in [2.45, 2.75) is 5.41 Å². The lowest BCUT2D eigenvalue weighted by atomic mass is 9.66. The minimum atomic E-state index is -0.500.